The fourth-order valence-electron chi connectivity index (χ4n) is 3.88. The Morgan fingerprint density at radius 2 is 1.11 bits per heavy atom. The summed E-state index contributed by atoms with van der Waals surface area (Å²) in [4.78, 5) is 55.5. The average molecular weight is 659 g/mol. The SMILES string of the molecule is [C-]#[N+]C(C(=O)Nc1ccccc1)=C1Sc2c(OC(C)=O)c3c(c(OC(C)=O)c2S1)SC(=C(C#N)C(=O)Nc1ccccc1)S3. The zero-order valence-corrected chi connectivity index (χ0v) is 26.0. The summed E-state index contributed by atoms with van der Waals surface area (Å²) in [7, 11) is 0. The van der Waals surface area contributed by atoms with E-state index in [4.69, 9.17) is 16.0 Å². The minimum Gasteiger partial charge on any atom is -0.424 e. The summed E-state index contributed by atoms with van der Waals surface area (Å²) in [5.41, 5.74) is 0.613. The third kappa shape index (κ3) is 6.49. The van der Waals surface area contributed by atoms with Gasteiger partial charge in [0.2, 0.25) is 0 Å². The third-order valence-corrected chi connectivity index (χ3v) is 10.8. The molecule has 2 aliphatic heterocycles. The van der Waals surface area contributed by atoms with Gasteiger partial charge in [-0.2, -0.15) is 5.26 Å². The summed E-state index contributed by atoms with van der Waals surface area (Å²) in [5, 5.41) is 15.3. The van der Waals surface area contributed by atoms with Crippen LogP contribution in [0, 0.1) is 17.9 Å². The molecule has 0 aromatic heterocycles. The van der Waals surface area contributed by atoms with E-state index in [2.05, 4.69) is 15.5 Å². The molecule has 0 saturated carbocycles. The molecule has 0 unspecified atom stereocenters. The van der Waals surface area contributed by atoms with Crippen LogP contribution in [0.4, 0.5) is 11.4 Å². The fourth-order valence-corrected chi connectivity index (χ4v) is 9.22. The topological polar surface area (TPSA) is 139 Å². The lowest BCUT2D eigenvalue weighted by atomic mass is 10.3. The molecule has 0 bridgehead atoms. The number of ether oxygens (including phenoxy) is 2. The van der Waals surface area contributed by atoms with Crippen molar-refractivity contribution in [2.24, 2.45) is 0 Å². The monoisotopic (exact) mass is 658 g/mol. The van der Waals surface area contributed by atoms with Crippen LogP contribution in [0.2, 0.25) is 0 Å². The van der Waals surface area contributed by atoms with Crippen molar-refractivity contribution < 1.29 is 28.7 Å². The molecule has 218 valence electrons. The standard InChI is InChI=1S/C30H18N4O6S4/c1-15(35)39-21-23-24(42-29(41-23)19(14-31)27(37)33-17-10-6-4-7-11-17)22(40-16(2)36)26-25(21)43-30(44-26)20(32-3)28(38)34-18-12-8-5-9-13-18/h4-13H,1-2H3,(H,33,37)(H,34,38). The van der Waals surface area contributed by atoms with E-state index >= 15 is 0 Å². The molecular weight excluding hydrogens is 641 g/mol. The Balaban J connectivity index is 1.59. The zero-order valence-electron chi connectivity index (χ0n) is 22.8. The predicted molar refractivity (Wildman–Crippen MR) is 169 cm³/mol. The fraction of sp³-hybridized carbons (Fsp3) is 0.0667. The highest BCUT2D eigenvalue weighted by atomic mass is 32.2. The van der Waals surface area contributed by atoms with Crippen molar-refractivity contribution in [2.75, 3.05) is 10.6 Å². The van der Waals surface area contributed by atoms with Gasteiger partial charge in [-0.05, 0) is 24.3 Å². The van der Waals surface area contributed by atoms with Crippen LogP contribution in [0.5, 0.6) is 11.5 Å². The molecule has 3 aromatic carbocycles. The summed E-state index contributed by atoms with van der Waals surface area (Å²) in [6.45, 7) is 10.2. The van der Waals surface area contributed by atoms with Gasteiger partial charge in [-0.15, -0.1) is 0 Å². The van der Waals surface area contributed by atoms with Gasteiger partial charge in [0.15, 0.2) is 11.5 Å². The number of esters is 2. The van der Waals surface area contributed by atoms with Crippen LogP contribution in [0.15, 0.2) is 100.0 Å². The maximum absolute atomic E-state index is 13.1. The van der Waals surface area contributed by atoms with Crippen molar-refractivity contribution in [3.63, 3.8) is 0 Å². The van der Waals surface area contributed by atoms with Crippen LogP contribution in [-0.4, -0.2) is 23.8 Å². The number of nitriles is 1. The number of rotatable bonds is 6. The first-order valence-electron chi connectivity index (χ1n) is 12.5. The second-order valence-electron chi connectivity index (χ2n) is 8.73. The highest BCUT2D eigenvalue weighted by molar-refractivity contribution is 8.26. The first-order chi connectivity index (χ1) is 21.2. The molecule has 0 radical (unpaired) electrons. The first-order valence-corrected chi connectivity index (χ1v) is 15.8. The van der Waals surface area contributed by atoms with Crippen molar-refractivity contribution >= 4 is 82.2 Å². The maximum Gasteiger partial charge on any atom is 0.308 e. The van der Waals surface area contributed by atoms with Crippen LogP contribution in [0.1, 0.15) is 13.8 Å². The molecule has 5 rings (SSSR count). The van der Waals surface area contributed by atoms with Crippen LogP contribution < -0.4 is 20.1 Å². The number of nitrogens with one attached hydrogen (secondary N) is 2. The quantitative estimate of drug-likeness (QED) is 0.0927. The molecule has 2 heterocycles. The number of carbonyl (C=O) groups excluding carboxylic acids is 4. The van der Waals surface area contributed by atoms with E-state index in [0.29, 0.717) is 35.2 Å². The molecule has 2 aliphatic rings. The summed E-state index contributed by atoms with van der Waals surface area (Å²) in [5.74, 6) is -2.36. The average Bonchev–Trinajstić information content (AvgIpc) is 3.62. The van der Waals surface area contributed by atoms with Crippen LogP contribution in [0.3, 0.4) is 0 Å². The lowest BCUT2D eigenvalue weighted by Crippen LogP contribution is -2.14. The Kier molecular flexibility index (Phi) is 9.37. The molecule has 14 heteroatoms. The van der Waals surface area contributed by atoms with E-state index in [9.17, 15) is 24.4 Å². The smallest absolute Gasteiger partial charge is 0.308 e. The highest BCUT2D eigenvalue weighted by Gasteiger charge is 2.40. The largest absolute Gasteiger partial charge is 0.424 e. The molecule has 10 nitrogen and oxygen atoms in total. The number of hydrogen-bond donors (Lipinski definition) is 2. The Hall–Kier alpha value is -4.60. The van der Waals surface area contributed by atoms with E-state index in [1.807, 2.05) is 6.07 Å². The van der Waals surface area contributed by atoms with Crippen LogP contribution in [0.25, 0.3) is 4.85 Å². The summed E-state index contributed by atoms with van der Waals surface area (Å²) in [6, 6.07) is 19.2. The lowest BCUT2D eigenvalue weighted by molar-refractivity contribution is -0.133. The Labute approximate surface area is 268 Å². The number of amides is 2. The molecule has 3 aromatic rings. The summed E-state index contributed by atoms with van der Waals surface area (Å²) >= 11 is 4.09. The molecule has 0 atom stereocenters. The first kappa shape index (κ1) is 30.8. The predicted octanol–water partition coefficient (Wildman–Crippen LogP) is 7.03. The van der Waals surface area contributed by atoms with Crippen LogP contribution in [-0.2, 0) is 19.2 Å². The van der Waals surface area contributed by atoms with Gasteiger partial charge in [-0.1, -0.05) is 83.4 Å². The highest BCUT2D eigenvalue weighted by Crippen LogP contribution is 2.68. The van der Waals surface area contributed by atoms with Gasteiger partial charge in [0.25, 0.3) is 17.5 Å². The van der Waals surface area contributed by atoms with Gasteiger partial charge >= 0.3 is 11.9 Å². The second kappa shape index (κ2) is 13.4. The van der Waals surface area contributed by atoms with E-state index in [0.717, 1.165) is 47.0 Å². The van der Waals surface area contributed by atoms with E-state index in [1.165, 1.54) is 13.8 Å². The molecule has 44 heavy (non-hydrogen) atoms. The van der Waals surface area contributed by atoms with E-state index < -0.39 is 23.8 Å². The Bertz CT molecular complexity index is 1700. The molecule has 2 amide bonds. The van der Waals surface area contributed by atoms with Crippen molar-refractivity contribution in [1.82, 2.24) is 0 Å². The Morgan fingerprint density at radius 3 is 1.50 bits per heavy atom. The third-order valence-electron chi connectivity index (χ3n) is 5.63. The van der Waals surface area contributed by atoms with Gasteiger partial charge in [-0.25, -0.2) is 4.85 Å². The number of hydrogen-bond acceptors (Lipinski definition) is 11. The zero-order chi connectivity index (χ0) is 31.4. The van der Waals surface area contributed by atoms with Crippen molar-refractivity contribution in [3.8, 4) is 17.6 Å². The molecule has 2 N–H and O–H groups in total. The van der Waals surface area contributed by atoms with E-state index in [-0.39, 0.29) is 27.0 Å². The molecule has 0 saturated heterocycles. The van der Waals surface area contributed by atoms with Crippen molar-refractivity contribution in [3.05, 3.63) is 91.8 Å². The maximum atomic E-state index is 13.1. The van der Waals surface area contributed by atoms with Gasteiger partial charge in [0.05, 0.1) is 34.6 Å². The number of benzene rings is 3. The molecule has 0 aliphatic carbocycles. The van der Waals surface area contributed by atoms with Crippen LogP contribution >= 0.6 is 47.0 Å². The lowest BCUT2D eigenvalue weighted by Gasteiger charge is -2.15. The van der Waals surface area contributed by atoms with Gasteiger partial charge < -0.3 is 20.1 Å². The van der Waals surface area contributed by atoms with E-state index in [1.54, 1.807) is 60.7 Å². The summed E-state index contributed by atoms with van der Waals surface area (Å²) in [6.07, 6.45) is 0. The van der Waals surface area contributed by atoms with Crippen molar-refractivity contribution in [2.45, 2.75) is 33.4 Å². The molecule has 0 fully saturated rings. The minimum absolute atomic E-state index is 0.104. The number of fused-ring (bicyclic) bond motifs is 2. The van der Waals surface area contributed by atoms with Gasteiger partial charge in [-0.3, -0.25) is 19.2 Å². The second-order valence-corrected chi connectivity index (χ2v) is 13.3. The number of para-hydroxylation sites is 2. The van der Waals surface area contributed by atoms with Gasteiger partial charge in [0, 0.05) is 25.2 Å². The number of thioether (sulfide) groups is 4. The minimum atomic E-state index is -0.643. The normalized spacial score (nSPS) is 12.6. The number of anilines is 2. The Morgan fingerprint density at radius 1 is 0.705 bits per heavy atom. The van der Waals surface area contributed by atoms with Gasteiger partial charge in [0.1, 0.15) is 11.6 Å². The molecule has 0 spiro atoms. The summed E-state index contributed by atoms with van der Waals surface area (Å²) < 4.78 is 11.9. The number of nitrogens with zero attached hydrogens (tertiary/aromatic N) is 2. The number of carbonyl (C=O) groups is 4. The van der Waals surface area contributed by atoms with Crippen molar-refractivity contribution in [1.29, 1.82) is 5.26 Å². The molecular formula is C30H18N4O6S4.